The van der Waals surface area contributed by atoms with Gasteiger partial charge >= 0.3 is 6.61 Å². The van der Waals surface area contributed by atoms with E-state index in [9.17, 15) is 18.7 Å². The van der Waals surface area contributed by atoms with Gasteiger partial charge in [0.15, 0.2) is 5.82 Å². The molecule has 200 valence electrons. The molecule has 2 unspecified atom stereocenters. The Morgan fingerprint density at radius 2 is 1.87 bits per heavy atom. The van der Waals surface area contributed by atoms with Crippen molar-refractivity contribution >= 4 is 11.7 Å². The lowest BCUT2D eigenvalue weighted by atomic mass is 9.91. The maximum Gasteiger partial charge on any atom is 0.387 e. The fourth-order valence-electron chi connectivity index (χ4n) is 6.02. The van der Waals surface area contributed by atoms with E-state index in [2.05, 4.69) is 15.0 Å². The Morgan fingerprint density at radius 1 is 1.13 bits per heavy atom. The van der Waals surface area contributed by atoms with Crippen LogP contribution in [0.3, 0.4) is 0 Å². The quantitative estimate of drug-likeness (QED) is 0.424. The highest BCUT2D eigenvalue weighted by Crippen LogP contribution is 2.52. The number of hydrogen-bond donors (Lipinski definition) is 1. The molecule has 3 aliphatic rings. The van der Waals surface area contributed by atoms with Gasteiger partial charge in [-0.25, -0.2) is 19.9 Å². The Hall–Kier alpha value is -4.03. The zero-order chi connectivity index (χ0) is 26.9. The highest BCUT2D eigenvalue weighted by molar-refractivity contribution is 5.98. The maximum absolute atomic E-state index is 13.3. The first-order chi connectivity index (χ1) is 18.8. The lowest BCUT2D eigenvalue weighted by Crippen LogP contribution is -2.35. The highest BCUT2D eigenvalue weighted by Gasteiger charge is 2.46. The lowest BCUT2D eigenvalue weighted by Gasteiger charge is -2.30. The van der Waals surface area contributed by atoms with Gasteiger partial charge in [-0.1, -0.05) is 6.07 Å². The minimum absolute atomic E-state index is 0.0168. The molecule has 3 aromatic heterocycles. The van der Waals surface area contributed by atoms with Crippen LogP contribution in [-0.2, 0) is 10.3 Å². The van der Waals surface area contributed by atoms with Crippen LogP contribution in [0.5, 0.6) is 5.75 Å². The van der Waals surface area contributed by atoms with Crippen molar-refractivity contribution < 1.29 is 28.2 Å². The van der Waals surface area contributed by atoms with E-state index in [1.54, 1.807) is 42.7 Å². The minimum atomic E-state index is -3.03. The van der Waals surface area contributed by atoms with Crippen molar-refractivity contribution in [3.8, 4) is 16.9 Å². The van der Waals surface area contributed by atoms with Gasteiger partial charge in [-0.3, -0.25) is 9.20 Å². The Balaban J connectivity index is 1.33. The number of fused-ring (bicyclic) bond motifs is 9. The number of imidazole rings is 1. The third-order valence-corrected chi connectivity index (χ3v) is 8.02. The zero-order valence-electron chi connectivity index (χ0n) is 20.9. The molecule has 0 saturated carbocycles. The largest absolute Gasteiger partial charge is 0.434 e. The Bertz CT molecular complexity index is 1600. The molecule has 1 N–H and O–H groups in total. The van der Waals surface area contributed by atoms with Gasteiger partial charge in [-0.2, -0.15) is 8.78 Å². The lowest BCUT2D eigenvalue weighted by molar-refractivity contribution is -0.0733. The fraction of sp³-hybridized carbons (Fsp3) is 0.370. The standard InChI is InChI=1S/C27H24F2N6O4/c1-34-18-9-17(20-16(23(34)36)3-2-4-19(20)39-25(28)29)22-21(18)33-26-32-12-15(13-35(22)26)14-10-30-24(31-11-14)27(37)5-7-38-8-6-27/h2-4,10-13,17-18,25,37H,5-9H2,1H3. The first-order valence-electron chi connectivity index (χ1n) is 12.7. The molecule has 10 nitrogen and oxygen atoms in total. The molecule has 1 amide bonds. The number of aliphatic hydroxyl groups is 1. The summed E-state index contributed by atoms with van der Waals surface area (Å²) in [6.45, 7) is -2.13. The number of rotatable bonds is 4. The predicted molar refractivity (Wildman–Crippen MR) is 132 cm³/mol. The van der Waals surface area contributed by atoms with E-state index in [-0.39, 0.29) is 17.7 Å². The Labute approximate surface area is 221 Å². The summed E-state index contributed by atoms with van der Waals surface area (Å²) >= 11 is 0. The zero-order valence-corrected chi connectivity index (χ0v) is 20.9. The molecule has 2 atom stereocenters. The van der Waals surface area contributed by atoms with E-state index in [1.165, 1.54) is 6.07 Å². The molecule has 0 radical (unpaired) electrons. The van der Waals surface area contributed by atoms with Crippen molar-refractivity contribution in [2.24, 2.45) is 0 Å². The number of amides is 1. The van der Waals surface area contributed by atoms with Crippen molar-refractivity contribution in [1.82, 2.24) is 29.2 Å². The van der Waals surface area contributed by atoms with Gasteiger partial charge in [0.25, 0.3) is 5.91 Å². The van der Waals surface area contributed by atoms with Crippen molar-refractivity contribution in [3.63, 3.8) is 0 Å². The van der Waals surface area contributed by atoms with E-state index in [1.807, 2.05) is 10.6 Å². The third kappa shape index (κ3) is 3.69. The Kier molecular flexibility index (Phi) is 5.39. The number of hydrogen-bond acceptors (Lipinski definition) is 8. The van der Waals surface area contributed by atoms with Crippen molar-refractivity contribution in [1.29, 1.82) is 0 Å². The molecule has 0 spiro atoms. The molecule has 12 heteroatoms. The SMILES string of the molecule is CN1C(=O)c2cccc(OC(F)F)c2C2CC1c1nc3ncc(-c4cnc(C5(O)CCOCC5)nc4)cn3c12. The average molecular weight is 535 g/mol. The second-order valence-electron chi connectivity index (χ2n) is 10.2. The molecule has 1 aromatic carbocycles. The Morgan fingerprint density at radius 3 is 2.62 bits per heavy atom. The molecule has 7 rings (SSSR count). The number of carbonyl (C=O) groups is 1. The maximum atomic E-state index is 13.3. The van der Waals surface area contributed by atoms with Gasteiger partial charge in [0.2, 0.25) is 5.78 Å². The number of alkyl halides is 2. The smallest absolute Gasteiger partial charge is 0.387 e. The number of benzene rings is 1. The van der Waals surface area contributed by atoms with Crippen molar-refractivity contribution in [2.45, 2.75) is 43.4 Å². The van der Waals surface area contributed by atoms with Gasteiger partial charge in [-0.05, 0) is 18.6 Å². The third-order valence-electron chi connectivity index (χ3n) is 8.02. The number of aromatic nitrogens is 5. The summed E-state index contributed by atoms with van der Waals surface area (Å²) in [5, 5.41) is 10.9. The van der Waals surface area contributed by atoms with E-state index in [0.29, 0.717) is 72.0 Å². The molecule has 2 bridgehead atoms. The number of carbonyl (C=O) groups excluding carboxylic acids is 1. The topological polar surface area (TPSA) is 115 Å². The number of ether oxygens (including phenoxy) is 2. The average Bonchev–Trinajstić information content (AvgIpc) is 3.46. The van der Waals surface area contributed by atoms with E-state index < -0.39 is 18.1 Å². The van der Waals surface area contributed by atoms with Crippen LogP contribution in [0.1, 0.15) is 64.4 Å². The van der Waals surface area contributed by atoms with Gasteiger partial charge in [0.1, 0.15) is 11.4 Å². The number of halogens is 2. The first-order valence-corrected chi connectivity index (χ1v) is 12.7. The van der Waals surface area contributed by atoms with Crippen LogP contribution in [0.4, 0.5) is 8.78 Å². The second kappa shape index (κ2) is 8.75. The first kappa shape index (κ1) is 24.0. The van der Waals surface area contributed by atoms with Crippen molar-refractivity contribution in [2.75, 3.05) is 20.3 Å². The van der Waals surface area contributed by atoms with Crippen LogP contribution >= 0.6 is 0 Å². The molecule has 5 heterocycles. The second-order valence-corrected chi connectivity index (χ2v) is 10.2. The van der Waals surface area contributed by atoms with Crippen LogP contribution in [-0.4, -0.2) is 67.1 Å². The van der Waals surface area contributed by atoms with Crippen LogP contribution in [0.2, 0.25) is 0 Å². The van der Waals surface area contributed by atoms with Gasteiger partial charge in [-0.15, -0.1) is 0 Å². The highest BCUT2D eigenvalue weighted by atomic mass is 19.3. The van der Waals surface area contributed by atoms with Gasteiger partial charge in [0.05, 0.1) is 17.4 Å². The summed E-state index contributed by atoms with van der Waals surface area (Å²) in [7, 11) is 1.70. The fourth-order valence-corrected chi connectivity index (χ4v) is 6.02. The summed E-state index contributed by atoms with van der Waals surface area (Å²) in [6.07, 6.45) is 8.18. The molecule has 1 fully saturated rings. The molecule has 4 aromatic rings. The molecule has 1 saturated heterocycles. The van der Waals surface area contributed by atoms with Crippen LogP contribution in [0, 0.1) is 0 Å². The normalized spacial score (nSPS) is 21.7. The van der Waals surface area contributed by atoms with Crippen LogP contribution in [0.25, 0.3) is 16.9 Å². The van der Waals surface area contributed by atoms with E-state index in [4.69, 9.17) is 14.5 Å². The molecular weight excluding hydrogens is 510 g/mol. The summed E-state index contributed by atoms with van der Waals surface area (Å²) in [6, 6.07) is 4.33. The van der Waals surface area contributed by atoms with Gasteiger partial charge < -0.3 is 19.5 Å². The molecular formula is C27H24F2N6O4. The summed E-state index contributed by atoms with van der Waals surface area (Å²) < 4.78 is 38.7. The van der Waals surface area contributed by atoms with E-state index >= 15 is 0 Å². The molecule has 1 aliphatic carbocycles. The van der Waals surface area contributed by atoms with Crippen LogP contribution in [0.15, 0.2) is 43.0 Å². The molecule has 2 aliphatic heterocycles. The minimum Gasteiger partial charge on any atom is -0.434 e. The van der Waals surface area contributed by atoms with Crippen molar-refractivity contribution in [3.05, 3.63) is 71.3 Å². The summed E-state index contributed by atoms with van der Waals surface area (Å²) in [4.78, 5) is 33.1. The van der Waals surface area contributed by atoms with Crippen LogP contribution < -0.4 is 4.74 Å². The summed E-state index contributed by atoms with van der Waals surface area (Å²) in [5.41, 5.74) is 2.53. The predicted octanol–water partition coefficient (Wildman–Crippen LogP) is 3.45. The van der Waals surface area contributed by atoms with E-state index in [0.717, 1.165) is 5.69 Å². The summed E-state index contributed by atoms with van der Waals surface area (Å²) in [5.74, 6) is 0.100. The molecule has 39 heavy (non-hydrogen) atoms. The number of nitrogens with zero attached hydrogens (tertiary/aromatic N) is 6. The van der Waals surface area contributed by atoms with Gasteiger partial charge in [0, 0.05) is 86.1 Å². The monoisotopic (exact) mass is 534 g/mol.